The summed E-state index contributed by atoms with van der Waals surface area (Å²) in [6, 6.07) is 14.3. The van der Waals surface area contributed by atoms with Crippen LogP contribution in [0.25, 0.3) is 27.2 Å². The summed E-state index contributed by atoms with van der Waals surface area (Å²) >= 11 is 1.37. The zero-order valence-corrected chi connectivity index (χ0v) is 16.1. The van der Waals surface area contributed by atoms with E-state index in [1.165, 1.54) is 17.4 Å². The number of nitrogens with zero attached hydrogens (tertiary/aromatic N) is 2. The number of rotatable bonds is 3. The van der Waals surface area contributed by atoms with Gasteiger partial charge in [-0.1, -0.05) is 36.4 Å². The summed E-state index contributed by atoms with van der Waals surface area (Å²) < 4.78 is 45.9. The second-order valence-corrected chi connectivity index (χ2v) is 7.97. The first-order chi connectivity index (χ1) is 14.4. The Labute approximate surface area is 171 Å². The van der Waals surface area contributed by atoms with Crippen molar-refractivity contribution in [2.75, 3.05) is 0 Å². The number of halogens is 3. The number of fused-ring (bicyclic) bond motifs is 2. The molecule has 5 rings (SSSR count). The van der Waals surface area contributed by atoms with Crippen LogP contribution in [0.1, 0.15) is 16.0 Å². The fraction of sp³-hybridized carbons (Fsp3) is 0.0909. The lowest BCUT2D eigenvalue weighted by Crippen LogP contribution is -2.05. The van der Waals surface area contributed by atoms with Gasteiger partial charge in [0.15, 0.2) is 4.96 Å². The standard InChI is InChI=1S/C22H13F3N2O2S/c23-22(24,25)15-6-3-4-13(8-15)9-16-11-27-12-18(26-21(27)30-16)17-10-14-5-1-2-7-19(14)29-20(17)28/h1-8,10-12H,9H2. The van der Waals surface area contributed by atoms with Gasteiger partial charge in [-0.15, -0.1) is 11.3 Å². The number of alkyl halides is 3. The molecule has 4 nitrogen and oxygen atoms in total. The minimum Gasteiger partial charge on any atom is -0.422 e. The van der Waals surface area contributed by atoms with E-state index in [-0.39, 0.29) is 0 Å². The molecule has 150 valence electrons. The SMILES string of the molecule is O=c1oc2ccccc2cc1-c1cn2cc(Cc3cccc(C(F)(F)F)c3)sc2n1. The minimum absolute atomic E-state index is 0.365. The fourth-order valence-corrected chi connectivity index (χ4v) is 4.35. The number of hydrogen-bond acceptors (Lipinski definition) is 4. The first-order valence-electron chi connectivity index (χ1n) is 9.04. The Morgan fingerprint density at radius 2 is 1.87 bits per heavy atom. The van der Waals surface area contributed by atoms with Crippen molar-refractivity contribution in [2.45, 2.75) is 12.6 Å². The highest BCUT2D eigenvalue weighted by molar-refractivity contribution is 7.17. The van der Waals surface area contributed by atoms with Crippen LogP contribution in [0.15, 0.2) is 76.2 Å². The van der Waals surface area contributed by atoms with Crippen LogP contribution in [0.3, 0.4) is 0 Å². The number of para-hydroxylation sites is 1. The van der Waals surface area contributed by atoms with Crippen molar-refractivity contribution < 1.29 is 17.6 Å². The maximum Gasteiger partial charge on any atom is 0.416 e. The van der Waals surface area contributed by atoms with Crippen LogP contribution < -0.4 is 5.63 Å². The Bertz CT molecular complexity index is 1410. The zero-order valence-electron chi connectivity index (χ0n) is 15.3. The molecule has 0 amide bonds. The molecule has 3 heterocycles. The molecule has 0 atom stereocenters. The molecule has 0 radical (unpaired) electrons. The number of hydrogen-bond donors (Lipinski definition) is 0. The summed E-state index contributed by atoms with van der Waals surface area (Å²) in [5, 5.41) is 0.800. The van der Waals surface area contributed by atoms with Gasteiger partial charge in [-0.25, -0.2) is 9.78 Å². The number of thiazole rings is 1. The van der Waals surface area contributed by atoms with Gasteiger partial charge in [0, 0.05) is 29.1 Å². The molecule has 2 aromatic carbocycles. The summed E-state index contributed by atoms with van der Waals surface area (Å²) in [6.45, 7) is 0. The summed E-state index contributed by atoms with van der Waals surface area (Å²) in [6.07, 6.45) is -0.455. The second kappa shape index (κ2) is 6.84. The summed E-state index contributed by atoms with van der Waals surface area (Å²) in [5.74, 6) is 0. The molecule has 0 unspecified atom stereocenters. The third-order valence-electron chi connectivity index (χ3n) is 4.75. The van der Waals surface area contributed by atoms with Crippen molar-refractivity contribution >= 4 is 27.3 Å². The normalized spacial score (nSPS) is 12.1. The Kier molecular flexibility index (Phi) is 4.25. The molecule has 8 heteroatoms. The average molecular weight is 426 g/mol. The molecule has 0 N–H and O–H groups in total. The lowest BCUT2D eigenvalue weighted by molar-refractivity contribution is -0.137. The van der Waals surface area contributed by atoms with E-state index < -0.39 is 17.4 Å². The van der Waals surface area contributed by atoms with E-state index in [4.69, 9.17) is 4.42 Å². The Balaban J connectivity index is 1.47. The number of aromatic nitrogens is 2. The van der Waals surface area contributed by atoms with Crippen LogP contribution in [0.4, 0.5) is 13.2 Å². The van der Waals surface area contributed by atoms with Crippen molar-refractivity contribution in [3.63, 3.8) is 0 Å². The van der Waals surface area contributed by atoms with Crippen molar-refractivity contribution in [1.29, 1.82) is 0 Å². The predicted octanol–water partition coefficient (Wildman–Crippen LogP) is 5.78. The molecule has 3 aromatic heterocycles. The highest BCUT2D eigenvalue weighted by Crippen LogP contribution is 2.31. The smallest absolute Gasteiger partial charge is 0.416 e. The number of benzene rings is 2. The topological polar surface area (TPSA) is 47.5 Å². The van der Waals surface area contributed by atoms with Crippen LogP contribution >= 0.6 is 11.3 Å². The molecule has 30 heavy (non-hydrogen) atoms. The van der Waals surface area contributed by atoms with Crippen molar-refractivity contribution in [3.05, 3.63) is 93.4 Å². The highest BCUT2D eigenvalue weighted by Gasteiger charge is 2.30. The van der Waals surface area contributed by atoms with Crippen LogP contribution in [-0.4, -0.2) is 9.38 Å². The quantitative estimate of drug-likeness (QED) is 0.344. The van der Waals surface area contributed by atoms with E-state index >= 15 is 0 Å². The Morgan fingerprint density at radius 3 is 2.67 bits per heavy atom. The maximum atomic E-state index is 12.9. The number of imidazole rings is 1. The monoisotopic (exact) mass is 426 g/mol. The van der Waals surface area contributed by atoms with E-state index in [1.807, 2.05) is 18.3 Å². The van der Waals surface area contributed by atoms with E-state index in [0.29, 0.717) is 33.8 Å². The second-order valence-electron chi connectivity index (χ2n) is 6.87. The van der Waals surface area contributed by atoms with E-state index in [0.717, 1.165) is 22.4 Å². The van der Waals surface area contributed by atoms with Crippen LogP contribution in [0.5, 0.6) is 0 Å². The van der Waals surface area contributed by atoms with Crippen molar-refractivity contribution in [3.8, 4) is 11.3 Å². The fourth-order valence-electron chi connectivity index (χ4n) is 3.35. The molecule has 0 saturated heterocycles. The zero-order chi connectivity index (χ0) is 20.9. The van der Waals surface area contributed by atoms with Crippen molar-refractivity contribution in [1.82, 2.24) is 9.38 Å². The first-order valence-corrected chi connectivity index (χ1v) is 9.85. The maximum absolute atomic E-state index is 12.9. The summed E-state index contributed by atoms with van der Waals surface area (Å²) in [7, 11) is 0. The lowest BCUT2D eigenvalue weighted by Gasteiger charge is -2.07. The van der Waals surface area contributed by atoms with Gasteiger partial charge < -0.3 is 4.42 Å². The molecule has 0 fully saturated rings. The van der Waals surface area contributed by atoms with Gasteiger partial charge in [0.2, 0.25) is 0 Å². The van der Waals surface area contributed by atoms with E-state index in [1.54, 1.807) is 34.9 Å². The molecule has 0 spiro atoms. The molecule has 0 aliphatic heterocycles. The lowest BCUT2D eigenvalue weighted by atomic mass is 10.1. The van der Waals surface area contributed by atoms with Gasteiger partial charge in [-0.2, -0.15) is 13.2 Å². The molecule has 0 bridgehead atoms. The Morgan fingerprint density at radius 1 is 1.03 bits per heavy atom. The minimum atomic E-state index is -4.37. The van der Waals surface area contributed by atoms with Crippen LogP contribution in [-0.2, 0) is 12.6 Å². The van der Waals surface area contributed by atoms with Gasteiger partial charge in [0.05, 0.1) is 16.8 Å². The summed E-state index contributed by atoms with van der Waals surface area (Å²) in [4.78, 5) is 18.4. The Hall–Kier alpha value is -3.39. The molecule has 0 aliphatic rings. The molecule has 0 aliphatic carbocycles. The van der Waals surface area contributed by atoms with Gasteiger partial charge >= 0.3 is 11.8 Å². The van der Waals surface area contributed by atoms with Crippen molar-refractivity contribution in [2.24, 2.45) is 0 Å². The highest BCUT2D eigenvalue weighted by atomic mass is 32.1. The third kappa shape index (κ3) is 3.39. The van der Waals surface area contributed by atoms with E-state index in [2.05, 4.69) is 4.98 Å². The van der Waals surface area contributed by atoms with Gasteiger partial charge in [0.1, 0.15) is 5.58 Å². The van der Waals surface area contributed by atoms with Crippen LogP contribution in [0.2, 0.25) is 0 Å². The molecule has 5 aromatic rings. The van der Waals surface area contributed by atoms with Gasteiger partial charge in [-0.3, -0.25) is 4.40 Å². The average Bonchev–Trinajstić information content (AvgIpc) is 3.25. The first kappa shape index (κ1) is 18.6. The largest absolute Gasteiger partial charge is 0.422 e. The molecular formula is C22H13F3N2O2S. The molecular weight excluding hydrogens is 413 g/mol. The predicted molar refractivity (Wildman–Crippen MR) is 109 cm³/mol. The van der Waals surface area contributed by atoms with E-state index in [9.17, 15) is 18.0 Å². The van der Waals surface area contributed by atoms with Gasteiger partial charge in [-0.05, 0) is 23.8 Å². The van der Waals surface area contributed by atoms with Crippen LogP contribution in [0, 0.1) is 0 Å². The molecule has 0 saturated carbocycles. The summed E-state index contributed by atoms with van der Waals surface area (Å²) in [5.41, 5.74) is 0.811. The third-order valence-corrected chi connectivity index (χ3v) is 5.75. The van der Waals surface area contributed by atoms with Gasteiger partial charge in [0.25, 0.3) is 0 Å².